The number of nitrogens with zero attached hydrogens (tertiary/aromatic N) is 6. The summed E-state index contributed by atoms with van der Waals surface area (Å²) in [6, 6.07) is 8.00. The maximum Gasteiger partial charge on any atom is 0.182 e. The zero-order chi connectivity index (χ0) is 22.4. The van der Waals surface area contributed by atoms with Crippen molar-refractivity contribution >= 4 is 0 Å². The Balaban J connectivity index is 1.61. The molecule has 32 heavy (non-hydrogen) atoms. The van der Waals surface area contributed by atoms with E-state index < -0.39 is 11.6 Å². The summed E-state index contributed by atoms with van der Waals surface area (Å²) in [5.74, 6) is -1.05. The Morgan fingerprint density at radius 3 is 2.56 bits per heavy atom. The van der Waals surface area contributed by atoms with Gasteiger partial charge in [-0.1, -0.05) is 11.3 Å². The summed E-state index contributed by atoms with van der Waals surface area (Å²) in [6.45, 7) is 4.46. The molecule has 0 saturated carbocycles. The lowest BCUT2D eigenvalue weighted by Crippen LogP contribution is -2.18. The predicted octanol–water partition coefficient (Wildman–Crippen LogP) is 4.54. The third-order valence-corrected chi connectivity index (χ3v) is 5.91. The molecule has 0 aliphatic heterocycles. The second-order valence-electron chi connectivity index (χ2n) is 8.04. The van der Waals surface area contributed by atoms with Crippen LogP contribution in [0.2, 0.25) is 0 Å². The molecular weight excluding hydrogens is 417 g/mol. The molecule has 1 aliphatic rings. The van der Waals surface area contributed by atoms with Crippen LogP contribution in [-0.4, -0.2) is 29.8 Å². The average Bonchev–Trinajstić information content (AvgIpc) is 3.39. The van der Waals surface area contributed by atoms with Crippen molar-refractivity contribution < 1.29 is 13.2 Å². The number of hydrogen-bond donors (Lipinski definition) is 0. The van der Waals surface area contributed by atoms with Crippen LogP contribution in [0.1, 0.15) is 42.0 Å². The Kier molecular flexibility index (Phi) is 5.03. The first-order chi connectivity index (χ1) is 15.4. The Labute approximate surface area is 182 Å². The second kappa shape index (κ2) is 7.89. The van der Waals surface area contributed by atoms with Crippen molar-refractivity contribution in [3.05, 3.63) is 76.6 Å². The highest BCUT2D eigenvalue weighted by Crippen LogP contribution is 2.33. The summed E-state index contributed by atoms with van der Waals surface area (Å²) >= 11 is 0. The molecule has 1 aliphatic carbocycles. The largest absolute Gasteiger partial charge is 0.249 e. The number of hydrogen-bond acceptors (Lipinski definition) is 4. The van der Waals surface area contributed by atoms with Gasteiger partial charge in [-0.3, -0.25) is 0 Å². The van der Waals surface area contributed by atoms with Gasteiger partial charge in [-0.05, 0) is 56.5 Å². The fourth-order valence-electron chi connectivity index (χ4n) is 4.22. The first kappa shape index (κ1) is 20.4. The van der Waals surface area contributed by atoms with Crippen molar-refractivity contribution in [1.82, 2.24) is 29.8 Å². The van der Waals surface area contributed by atoms with E-state index in [4.69, 9.17) is 0 Å². The lowest BCUT2D eigenvalue weighted by molar-refractivity contribution is 0.511. The molecule has 0 fully saturated rings. The van der Waals surface area contributed by atoms with E-state index in [1.54, 1.807) is 23.7 Å². The Morgan fingerprint density at radius 1 is 1.06 bits per heavy atom. The van der Waals surface area contributed by atoms with Crippen molar-refractivity contribution in [2.24, 2.45) is 0 Å². The molecule has 1 unspecified atom stereocenters. The minimum atomic E-state index is -0.710. The first-order valence-electron chi connectivity index (χ1n) is 10.5. The molecule has 0 bridgehead atoms. The molecule has 2 heterocycles. The molecule has 4 aromatic rings. The van der Waals surface area contributed by atoms with Gasteiger partial charge in [0.15, 0.2) is 5.82 Å². The van der Waals surface area contributed by atoms with Gasteiger partial charge in [0.1, 0.15) is 23.3 Å². The maximum atomic E-state index is 14.3. The normalized spacial score (nSPS) is 15.7. The number of benzene rings is 2. The van der Waals surface area contributed by atoms with Gasteiger partial charge >= 0.3 is 0 Å². The molecular formula is C23H21F3N6. The minimum Gasteiger partial charge on any atom is -0.249 e. The van der Waals surface area contributed by atoms with E-state index >= 15 is 0 Å². The number of halogens is 3. The van der Waals surface area contributed by atoms with Crippen LogP contribution in [0, 0.1) is 24.4 Å². The van der Waals surface area contributed by atoms with Crippen LogP contribution < -0.4 is 0 Å². The molecule has 5 rings (SSSR count). The molecule has 2 aromatic heterocycles. The zero-order valence-electron chi connectivity index (χ0n) is 17.7. The fraction of sp³-hybridized carbons (Fsp3) is 0.304. The Bertz CT molecular complexity index is 1290. The summed E-state index contributed by atoms with van der Waals surface area (Å²) in [7, 11) is 0. The van der Waals surface area contributed by atoms with Crippen molar-refractivity contribution in [2.75, 3.05) is 0 Å². The van der Waals surface area contributed by atoms with Crippen LogP contribution in [0.4, 0.5) is 13.2 Å². The predicted molar refractivity (Wildman–Crippen MR) is 112 cm³/mol. The van der Waals surface area contributed by atoms with Crippen LogP contribution in [0.5, 0.6) is 0 Å². The van der Waals surface area contributed by atoms with Crippen LogP contribution in [0.3, 0.4) is 0 Å². The molecule has 9 heteroatoms. The van der Waals surface area contributed by atoms with E-state index in [9.17, 15) is 13.2 Å². The van der Waals surface area contributed by atoms with Crippen LogP contribution in [0.25, 0.3) is 17.1 Å². The van der Waals surface area contributed by atoms with Crippen molar-refractivity contribution in [3.8, 4) is 17.1 Å². The molecule has 2 aromatic carbocycles. The highest BCUT2D eigenvalue weighted by molar-refractivity contribution is 5.55. The monoisotopic (exact) mass is 438 g/mol. The van der Waals surface area contributed by atoms with E-state index in [1.807, 2.05) is 11.6 Å². The minimum absolute atomic E-state index is 0.0477. The lowest BCUT2D eigenvalue weighted by Gasteiger charge is -2.21. The van der Waals surface area contributed by atoms with Crippen molar-refractivity contribution in [1.29, 1.82) is 0 Å². The van der Waals surface area contributed by atoms with E-state index in [-0.39, 0.29) is 23.1 Å². The topological polar surface area (TPSA) is 61.4 Å². The smallest absolute Gasteiger partial charge is 0.182 e. The number of rotatable bonds is 4. The highest BCUT2D eigenvalue weighted by Gasteiger charge is 2.29. The Morgan fingerprint density at radius 2 is 1.84 bits per heavy atom. The van der Waals surface area contributed by atoms with E-state index in [0.29, 0.717) is 23.5 Å². The fourth-order valence-corrected chi connectivity index (χ4v) is 4.22. The molecule has 0 N–H and O–H groups in total. The standard InChI is InChI=1S/C23H21F3N6/c1-3-31-21-7-5-14(10-20(21)28-30-31)23-27-22(15-8-16(24)11-17(25)9-15)29-32(23)18-6-4-13(2)19(26)12-18/h4,6,8-9,11-12,14H,3,5,7,10H2,1-2H3. The molecule has 0 amide bonds. The molecule has 0 spiro atoms. The van der Waals surface area contributed by atoms with Crippen molar-refractivity contribution in [3.63, 3.8) is 0 Å². The summed E-state index contributed by atoms with van der Waals surface area (Å²) in [4.78, 5) is 4.66. The van der Waals surface area contributed by atoms with Gasteiger partial charge < -0.3 is 0 Å². The van der Waals surface area contributed by atoms with Gasteiger partial charge in [0, 0.05) is 30.5 Å². The zero-order valence-corrected chi connectivity index (χ0v) is 17.7. The third kappa shape index (κ3) is 3.57. The van der Waals surface area contributed by atoms with Crippen LogP contribution in [0.15, 0.2) is 36.4 Å². The summed E-state index contributed by atoms with van der Waals surface area (Å²) in [6.07, 6.45) is 2.17. The van der Waals surface area contributed by atoms with Gasteiger partial charge in [-0.25, -0.2) is 27.5 Å². The average molecular weight is 438 g/mol. The van der Waals surface area contributed by atoms with E-state index in [1.165, 1.54) is 18.2 Å². The van der Waals surface area contributed by atoms with E-state index in [2.05, 4.69) is 20.4 Å². The van der Waals surface area contributed by atoms with E-state index in [0.717, 1.165) is 36.8 Å². The number of aromatic nitrogens is 6. The second-order valence-corrected chi connectivity index (χ2v) is 8.04. The third-order valence-electron chi connectivity index (χ3n) is 5.91. The van der Waals surface area contributed by atoms with Gasteiger partial charge in [0.05, 0.1) is 17.1 Å². The first-order valence-corrected chi connectivity index (χ1v) is 10.5. The van der Waals surface area contributed by atoms with Gasteiger partial charge in [-0.15, -0.1) is 10.2 Å². The summed E-state index contributed by atoms with van der Waals surface area (Å²) in [5, 5.41) is 13.0. The quantitative estimate of drug-likeness (QED) is 0.469. The van der Waals surface area contributed by atoms with Crippen LogP contribution >= 0.6 is 0 Å². The Hall–Kier alpha value is -3.49. The molecule has 0 saturated heterocycles. The molecule has 0 radical (unpaired) electrons. The number of fused-ring (bicyclic) bond motifs is 1. The summed E-state index contributed by atoms with van der Waals surface area (Å²) < 4.78 is 45.5. The van der Waals surface area contributed by atoms with Crippen molar-refractivity contribution in [2.45, 2.75) is 45.6 Å². The van der Waals surface area contributed by atoms with Gasteiger partial charge in [0.2, 0.25) is 0 Å². The molecule has 1 atom stereocenters. The van der Waals surface area contributed by atoms with Crippen LogP contribution in [-0.2, 0) is 19.4 Å². The maximum absolute atomic E-state index is 14.3. The highest BCUT2D eigenvalue weighted by atomic mass is 19.1. The molecule has 6 nitrogen and oxygen atoms in total. The number of aryl methyl sites for hydroxylation is 2. The van der Waals surface area contributed by atoms with Gasteiger partial charge in [0.25, 0.3) is 0 Å². The lowest BCUT2D eigenvalue weighted by atomic mass is 9.89. The summed E-state index contributed by atoms with van der Waals surface area (Å²) in [5.41, 5.74) is 3.27. The SMILES string of the molecule is CCn1nnc2c1CCC(c1nc(-c3cc(F)cc(F)c3)nn1-c1ccc(C)c(F)c1)C2. The molecule has 164 valence electrons. The van der Waals surface area contributed by atoms with Gasteiger partial charge in [-0.2, -0.15) is 0 Å².